The van der Waals surface area contributed by atoms with Gasteiger partial charge in [0.05, 0.1) is 6.54 Å². The van der Waals surface area contributed by atoms with Crippen LogP contribution in [0.2, 0.25) is 0 Å². The van der Waals surface area contributed by atoms with Crippen LogP contribution in [0.4, 0.5) is 13.2 Å². The quantitative estimate of drug-likeness (QED) is 0.918. The van der Waals surface area contributed by atoms with Gasteiger partial charge in [-0.25, -0.2) is 0 Å². The summed E-state index contributed by atoms with van der Waals surface area (Å²) in [6, 6.07) is 3.54. The topological polar surface area (TPSA) is 53.4 Å². The van der Waals surface area contributed by atoms with Gasteiger partial charge in [0.25, 0.3) is 0 Å². The first-order valence-corrected chi connectivity index (χ1v) is 6.28. The number of pyridine rings is 1. The Morgan fingerprint density at radius 1 is 1.50 bits per heavy atom. The van der Waals surface area contributed by atoms with Crippen LogP contribution in [0.1, 0.15) is 18.4 Å². The van der Waals surface area contributed by atoms with Crippen molar-refractivity contribution in [1.82, 2.24) is 9.88 Å². The normalized spacial score (nSPS) is 23.1. The molecule has 1 aromatic heterocycles. The second-order valence-electron chi connectivity index (χ2n) is 4.96. The van der Waals surface area contributed by atoms with E-state index >= 15 is 0 Å². The molecule has 4 nitrogen and oxygen atoms in total. The summed E-state index contributed by atoms with van der Waals surface area (Å²) in [5.41, 5.74) is -1.91. The largest absolute Gasteiger partial charge is 0.419 e. The molecule has 2 rings (SSSR count). The van der Waals surface area contributed by atoms with Crippen molar-refractivity contribution >= 4 is 5.91 Å². The van der Waals surface area contributed by atoms with E-state index in [0.717, 1.165) is 10.5 Å². The van der Waals surface area contributed by atoms with Crippen molar-refractivity contribution in [2.45, 2.75) is 31.0 Å². The van der Waals surface area contributed by atoms with Gasteiger partial charge in [-0.15, -0.1) is 0 Å². The van der Waals surface area contributed by atoms with Gasteiger partial charge in [0.1, 0.15) is 0 Å². The number of hydrogen-bond acceptors (Lipinski definition) is 3. The summed E-state index contributed by atoms with van der Waals surface area (Å²) in [6.07, 6.45) is -1.41. The van der Waals surface area contributed by atoms with Crippen LogP contribution in [0.15, 0.2) is 24.5 Å². The lowest BCUT2D eigenvalue weighted by Crippen LogP contribution is -2.48. The highest BCUT2D eigenvalue weighted by Crippen LogP contribution is 2.37. The molecule has 1 atom stereocenters. The maximum Gasteiger partial charge on any atom is 0.419 e. The van der Waals surface area contributed by atoms with E-state index in [0.29, 0.717) is 6.42 Å². The van der Waals surface area contributed by atoms with E-state index in [1.807, 2.05) is 0 Å². The highest BCUT2D eigenvalue weighted by Gasteiger charge is 2.57. The van der Waals surface area contributed by atoms with Gasteiger partial charge < -0.3 is 10.0 Å². The zero-order valence-electron chi connectivity index (χ0n) is 10.7. The molecular weight excluding hydrogens is 273 g/mol. The predicted molar refractivity (Wildman–Crippen MR) is 64.8 cm³/mol. The molecular formula is C13H15F3N2O2. The van der Waals surface area contributed by atoms with Gasteiger partial charge >= 0.3 is 6.18 Å². The molecule has 110 valence electrons. The average Bonchev–Trinajstić information content (AvgIpc) is 2.81. The van der Waals surface area contributed by atoms with Crippen LogP contribution in [-0.2, 0) is 11.2 Å². The Hall–Kier alpha value is -1.63. The molecule has 1 fully saturated rings. The number of halogens is 3. The van der Waals surface area contributed by atoms with Gasteiger partial charge in [-0.1, -0.05) is 6.07 Å². The number of amides is 1. The van der Waals surface area contributed by atoms with Crippen molar-refractivity contribution in [2.75, 3.05) is 13.1 Å². The SMILES string of the molecule is O=C(CCc1cccnc1)N1CC[C@@](O)(C(F)(F)F)C1. The molecule has 1 aromatic rings. The Morgan fingerprint density at radius 3 is 2.80 bits per heavy atom. The highest BCUT2D eigenvalue weighted by atomic mass is 19.4. The number of aromatic nitrogens is 1. The number of alkyl halides is 3. The molecule has 0 spiro atoms. The molecule has 0 bridgehead atoms. The zero-order chi connectivity index (χ0) is 14.8. The molecule has 2 heterocycles. The van der Waals surface area contributed by atoms with Crippen LogP contribution in [0, 0.1) is 0 Å². The smallest absolute Gasteiger partial charge is 0.379 e. The molecule has 1 amide bonds. The Bertz CT molecular complexity index is 478. The lowest BCUT2D eigenvalue weighted by atomic mass is 10.0. The van der Waals surface area contributed by atoms with Crippen molar-refractivity contribution in [3.05, 3.63) is 30.1 Å². The molecule has 1 aliphatic rings. The molecule has 20 heavy (non-hydrogen) atoms. The Kier molecular flexibility index (Phi) is 3.99. The number of carbonyl (C=O) groups excluding carboxylic acids is 1. The highest BCUT2D eigenvalue weighted by molar-refractivity contribution is 5.77. The zero-order valence-corrected chi connectivity index (χ0v) is 10.7. The van der Waals surface area contributed by atoms with Gasteiger partial charge in [-0.2, -0.15) is 13.2 Å². The van der Waals surface area contributed by atoms with E-state index in [4.69, 9.17) is 0 Å². The van der Waals surface area contributed by atoms with Crippen molar-refractivity contribution in [3.63, 3.8) is 0 Å². The van der Waals surface area contributed by atoms with Gasteiger partial charge in [-0.05, 0) is 18.1 Å². The standard InChI is InChI=1S/C13H15F3N2O2/c14-13(15,16)12(20)5-7-18(9-12)11(19)4-3-10-2-1-6-17-8-10/h1-2,6,8,20H,3-5,7,9H2/t12-/m0/s1. The number of rotatable bonds is 3. The first kappa shape index (κ1) is 14.8. The minimum absolute atomic E-state index is 0.0676. The number of aliphatic hydroxyl groups is 1. The van der Waals surface area contributed by atoms with E-state index in [1.165, 1.54) is 0 Å². The number of carbonyl (C=O) groups is 1. The third-order valence-corrected chi connectivity index (χ3v) is 3.48. The maximum atomic E-state index is 12.6. The Balaban J connectivity index is 1.89. The van der Waals surface area contributed by atoms with Crippen LogP contribution in [0.3, 0.4) is 0 Å². The van der Waals surface area contributed by atoms with Crippen molar-refractivity contribution in [1.29, 1.82) is 0 Å². The number of nitrogens with zero attached hydrogens (tertiary/aromatic N) is 2. The van der Waals surface area contributed by atoms with E-state index in [-0.39, 0.29) is 18.9 Å². The summed E-state index contributed by atoms with van der Waals surface area (Å²) in [7, 11) is 0. The third kappa shape index (κ3) is 3.09. The van der Waals surface area contributed by atoms with Gasteiger partial charge in [0, 0.05) is 31.8 Å². The molecule has 0 aliphatic carbocycles. The van der Waals surface area contributed by atoms with Crippen molar-refractivity contribution < 1.29 is 23.1 Å². The van der Waals surface area contributed by atoms with E-state index in [2.05, 4.69) is 4.98 Å². The summed E-state index contributed by atoms with van der Waals surface area (Å²) in [4.78, 5) is 16.8. The number of likely N-dealkylation sites (tertiary alicyclic amines) is 1. The maximum absolute atomic E-state index is 12.6. The fourth-order valence-electron chi connectivity index (χ4n) is 2.19. The summed E-state index contributed by atoms with van der Waals surface area (Å²) in [5.74, 6) is -0.381. The van der Waals surface area contributed by atoms with Crippen LogP contribution in [0.5, 0.6) is 0 Å². The van der Waals surface area contributed by atoms with Gasteiger partial charge in [0.15, 0.2) is 5.60 Å². The lowest BCUT2D eigenvalue weighted by molar-refractivity contribution is -0.253. The number of aryl methyl sites for hydroxylation is 1. The molecule has 0 aromatic carbocycles. The van der Waals surface area contributed by atoms with Gasteiger partial charge in [0.2, 0.25) is 5.91 Å². The lowest BCUT2D eigenvalue weighted by Gasteiger charge is -2.25. The molecule has 1 saturated heterocycles. The van der Waals surface area contributed by atoms with Crippen LogP contribution >= 0.6 is 0 Å². The molecule has 0 radical (unpaired) electrons. The molecule has 7 heteroatoms. The van der Waals surface area contributed by atoms with Gasteiger partial charge in [-0.3, -0.25) is 9.78 Å². The first-order chi connectivity index (χ1) is 9.32. The van der Waals surface area contributed by atoms with Crippen LogP contribution < -0.4 is 0 Å². The summed E-state index contributed by atoms with van der Waals surface area (Å²) in [5, 5.41) is 9.50. The molecule has 0 saturated carbocycles. The number of hydrogen-bond donors (Lipinski definition) is 1. The van der Waals surface area contributed by atoms with E-state index in [1.54, 1.807) is 24.5 Å². The van der Waals surface area contributed by atoms with Crippen molar-refractivity contribution in [2.24, 2.45) is 0 Å². The Morgan fingerprint density at radius 2 is 2.25 bits per heavy atom. The third-order valence-electron chi connectivity index (χ3n) is 3.48. The minimum atomic E-state index is -4.70. The summed E-state index contributed by atoms with van der Waals surface area (Å²) in [6.45, 7) is -0.746. The summed E-state index contributed by atoms with van der Waals surface area (Å²) >= 11 is 0. The second kappa shape index (κ2) is 5.40. The van der Waals surface area contributed by atoms with Crippen LogP contribution in [-0.4, -0.2) is 45.8 Å². The molecule has 1 N–H and O–H groups in total. The Labute approximate surface area is 114 Å². The fourth-order valence-corrected chi connectivity index (χ4v) is 2.19. The first-order valence-electron chi connectivity index (χ1n) is 6.28. The second-order valence-corrected chi connectivity index (χ2v) is 4.96. The fraction of sp³-hybridized carbons (Fsp3) is 0.538. The van der Waals surface area contributed by atoms with Crippen LogP contribution in [0.25, 0.3) is 0 Å². The minimum Gasteiger partial charge on any atom is -0.379 e. The molecule has 1 aliphatic heterocycles. The number of β-amino-alcohol motifs (C(OH)–C–C–N with tert-alkyl or cyclic N) is 1. The molecule has 0 unspecified atom stereocenters. The van der Waals surface area contributed by atoms with Crippen molar-refractivity contribution in [3.8, 4) is 0 Å². The predicted octanol–water partition coefficient (Wildman–Crippen LogP) is 1.54. The summed E-state index contributed by atoms with van der Waals surface area (Å²) < 4.78 is 37.9. The van der Waals surface area contributed by atoms with E-state index in [9.17, 15) is 23.1 Å². The average molecular weight is 288 g/mol. The van der Waals surface area contributed by atoms with E-state index < -0.39 is 24.7 Å². The monoisotopic (exact) mass is 288 g/mol.